The highest BCUT2D eigenvalue weighted by Gasteiger charge is 2.19. The number of hydrogen-bond donors (Lipinski definition) is 2. The maximum absolute atomic E-state index is 10.1. The van der Waals surface area contributed by atoms with Gasteiger partial charge in [0.25, 0.3) is 0 Å². The first-order valence-corrected chi connectivity index (χ1v) is 6.47. The fourth-order valence-corrected chi connectivity index (χ4v) is 1.88. The summed E-state index contributed by atoms with van der Waals surface area (Å²) in [7, 11) is 7.56. The molecule has 1 rings (SSSR count). The number of ether oxygens (including phenoxy) is 1. The van der Waals surface area contributed by atoms with Crippen LogP contribution in [0.2, 0.25) is 0 Å². The summed E-state index contributed by atoms with van der Waals surface area (Å²) in [6.07, 6.45) is 2.47. The molecule has 0 aliphatic carbocycles. The van der Waals surface area contributed by atoms with Crippen LogP contribution in [-0.4, -0.2) is 54.6 Å². The zero-order chi connectivity index (χ0) is 14.5. The van der Waals surface area contributed by atoms with Crippen molar-refractivity contribution in [3.63, 3.8) is 0 Å². The SMILES string of the molecule is COCCC(C)(O)CNCc1cnc(N(C)C)n1C. The monoisotopic (exact) mass is 270 g/mol. The smallest absolute Gasteiger partial charge is 0.204 e. The van der Waals surface area contributed by atoms with Crippen molar-refractivity contribution in [2.75, 3.05) is 39.3 Å². The molecule has 1 unspecified atom stereocenters. The van der Waals surface area contributed by atoms with E-state index in [1.165, 1.54) is 0 Å². The molecule has 0 bridgehead atoms. The van der Waals surface area contributed by atoms with E-state index in [2.05, 4.69) is 10.3 Å². The molecule has 0 aliphatic heterocycles. The zero-order valence-electron chi connectivity index (χ0n) is 12.6. The van der Waals surface area contributed by atoms with Gasteiger partial charge in [0.2, 0.25) is 5.95 Å². The maximum atomic E-state index is 10.1. The predicted molar refractivity (Wildman–Crippen MR) is 76.4 cm³/mol. The summed E-state index contributed by atoms with van der Waals surface area (Å²) in [5, 5.41) is 13.4. The van der Waals surface area contributed by atoms with Crippen molar-refractivity contribution in [2.24, 2.45) is 7.05 Å². The first-order valence-electron chi connectivity index (χ1n) is 6.47. The van der Waals surface area contributed by atoms with E-state index in [0.29, 0.717) is 26.1 Å². The van der Waals surface area contributed by atoms with Crippen LogP contribution in [0.15, 0.2) is 6.20 Å². The summed E-state index contributed by atoms with van der Waals surface area (Å²) >= 11 is 0. The summed E-state index contributed by atoms with van der Waals surface area (Å²) in [6.45, 7) is 3.58. The first-order chi connectivity index (χ1) is 8.87. The van der Waals surface area contributed by atoms with Gasteiger partial charge in [-0.3, -0.25) is 0 Å². The molecule has 1 aromatic heterocycles. The van der Waals surface area contributed by atoms with Crippen LogP contribution in [-0.2, 0) is 18.3 Å². The van der Waals surface area contributed by atoms with Gasteiger partial charge in [-0.2, -0.15) is 0 Å². The van der Waals surface area contributed by atoms with Crippen molar-refractivity contribution in [3.05, 3.63) is 11.9 Å². The van der Waals surface area contributed by atoms with Crippen LogP contribution in [0.4, 0.5) is 5.95 Å². The van der Waals surface area contributed by atoms with Crippen molar-refractivity contribution in [2.45, 2.75) is 25.5 Å². The van der Waals surface area contributed by atoms with Gasteiger partial charge in [-0.1, -0.05) is 0 Å². The van der Waals surface area contributed by atoms with Crippen LogP contribution < -0.4 is 10.2 Å². The molecule has 1 aromatic rings. The van der Waals surface area contributed by atoms with Crippen LogP contribution >= 0.6 is 0 Å². The summed E-state index contributed by atoms with van der Waals surface area (Å²) in [5.41, 5.74) is 0.338. The van der Waals surface area contributed by atoms with Crippen molar-refractivity contribution in [1.29, 1.82) is 0 Å². The molecule has 0 saturated carbocycles. The highest BCUT2D eigenvalue weighted by atomic mass is 16.5. The van der Waals surface area contributed by atoms with Crippen molar-refractivity contribution in [1.82, 2.24) is 14.9 Å². The number of methoxy groups -OCH3 is 1. The van der Waals surface area contributed by atoms with E-state index in [1.807, 2.05) is 43.7 Å². The second kappa shape index (κ2) is 6.88. The molecule has 6 nitrogen and oxygen atoms in total. The molecular weight excluding hydrogens is 244 g/mol. The van der Waals surface area contributed by atoms with E-state index in [1.54, 1.807) is 7.11 Å². The quantitative estimate of drug-likeness (QED) is 0.714. The fraction of sp³-hybridized carbons (Fsp3) is 0.769. The Morgan fingerprint density at radius 2 is 2.21 bits per heavy atom. The maximum Gasteiger partial charge on any atom is 0.204 e. The molecule has 0 radical (unpaired) electrons. The minimum Gasteiger partial charge on any atom is -0.389 e. The van der Waals surface area contributed by atoms with Gasteiger partial charge in [0.05, 0.1) is 17.5 Å². The number of aliphatic hydroxyl groups is 1. The van der Waals surface area contributed by atoms with Gasteiger partial charge in [0.1, 0.15) is 0 Å². The number of hydrogen-bond acceptors (Lipinski definition) is 5. The minimum absolute atomic E-state index is 0.527. The zero-order valence-corrected chi connectivity index (χ0v) is 12.6. The van der Waals surface area contributed by atoms with E-state index in [-0.39, 0.29) is 0 Å². The average Bonchev–Trinajstić information content (AvgIpc) is 2.68. The largest absolute Gasteiger partial charge is 0.389 e. The Morgan fingerprint density at radius 1 is 1.53 bits per heavy atom. The van der Waals surface area contributed by atoms with Crippen LogP contribution in [0, 0.1) is 0 Å². The number of rotatable bonds is 8. The van der Waals surface area contributed by atoms with Crippen LogP contribution in [0.3, 0.4) is 0 Å². The highest BCUT2D eigenvalue weighted by molar-refractivity contribution is 5.30. The van der Waals surface area contributed by atoms with Crippen LogP contribution in [0.1, 0.15) is 19.0 Å². The Labute approximate surface area is 115 Å². The van der Waals surface area contributed by atoms with E-state index >= 15 is 0 Å². The number of aromatic nitrogens is 2. The Bertz CT molecular complexity index is 388. The standard InChI is InChI=1S/C13H26N4O2/c1-13(18,6-7-19-5)10-14-8-11-9-15-12(16(2)3)17(11)4/h9,14,18H,6-8,10H2,1-5H3. The van der Waals surface area contributed by atoms with E-state index in [0.717, 1.165) is 11.6 Å². The molecule has 0 fully saturated rings. The van der Waals surface area contributed by atoms with Gasteiger partial charge in [0, 0.05) is 54.4 Å². The summed E-state index contributed by atoms with van der Waals surface area (Å²) in [5.74, 6) is 0.919. The molecule has 1 heterocycles. The Morgan fingerprint density at radius 3 is 2.74 bits per heavy atom. The summed E-state index contributed by atoms with van der Waals surface area (Å²) in [6, 6.07) is 0. The molecule has 0 saturated heterocycles. The number of nitrogens with one attached hydrogen (secondary N) is 1. The highest BCUT2D eigenvalue weighted by Crippen LogP contribution is 2.12. The molecule has 6 heteroatoms. The fourth-order valence-electron chi connectivity index (χ4n) is 1.88. The molecule has 0 amide bonds. The molecule has 19 heavy (non-hydrogen) atoms. The van der Waals surface area contributed by atoms with E-state index < -0.39 is 5.60 Å². The van der Waals surface area contributed by atoms with Crippen LogP contribution in [0.5, 0.6) is 0 Å². The Balaban J connectivity index is 2.45. The molecule has 2 N–H and O–H groups in total. The van der Waals surface area contributed by atoms with Gasteiger partial charge in [0.15, 0.2) is 0 Å². The van der Waals surface area contributed by atoms with E-state index in [4.69, 9.17) is 4.74 Å². The van der Waals surface area contributed by atoms with Gasteiger partial charge in [-0.05, 0) is 6.92 Å². The lowest BCUT2D eigenvalue weighted by Gasteiger charge is -2.23. The predicted octanol–water partition coefficient (Wildman–Crippen LogP) is 0.363. The Kier molecular flexibility index (Phi) is 5.78. The third-order valence-corrected chi connectivity index (χ3v) is 3.12. The van der Waals surface area contributed by atoms with Gasteiger partial charge in [-0.25, -0.2) is 4.98 Å². The summed E-state index contributed by atoms with van der Waals surface area (Å²) in [4.78, 5) is 6.32. The minimum atomic E-state index is -0.751. The molecule has 0 aliphatic rings. The lowest BCUT2D eigenvalue weighted by Crippen LogP contribution is -2.38. The molecule has 0 aromatic carbocycles. The second-order valence-electron chi connectivity index (χ2n) is 5.35. The van der Waals surface area contributed by atoms with Crippen molar-refractivity contribution in [3.8, 4) is 0 Å². The van der Waals surface area contributed by atoms with Crippen molar-refractivity contribution >= 4 is 5.95 Å². The molecule has 1 atom stereocenters. The normalized spacial score (nSPS) is 14.4. The first kappa shape index (κ1) is 15.9. The third kappa shape index (κ3) is 4.81. The molecular formula is C13H26N4O2. The number of nitrogens with zero attached hydrogens (tertiary/aromatic N) is 3. The third-order valence-electron chi connectivity index (χ3n) is 3.12. The van der Waals surface area contributed by atoms with Gasteiger partial charge in [-0.15, -0.1) is 0 Å². The molecule has 0 spiro atoms. The van der Waals surface area contributed by atoms with Crippen molar-refractivity contribution < 1.29 is 9.84 Å². The lowest BCUT2D eigenvalue weighted by atomic mass is 10.0. The van der Waals surface area contributed by atoms with Crippen LogP contribution in [0.25, 0.3) is 0 Å². The second-order valence-corrected chi connectivity index (χ2v) is 5.35. The topological polar surface area (TPSA) is 62.6 Å². The number of anilines is 1. The van der Waals surface area contributed by atoms with E-state index in [9.17, 15) is 5.11 Å². The average molecular weight is 270 g/mol. The summed E-state index contributed by atoms with van der Waals surface area (Å²) < 4.78 is 7.02. The molecule has 110 valence electrons. The lowest BCUT2D eigenvalue weighted by molar-refractivity contribution is 0.0246. The van der Waals surface area contributed by atoms with Gasteiger partial charge >= 0.3 is 0 Å². The number of imidazole rings is 1. The van der Waals surface area contributed by atoms with Gasteiger partial charge < -0.3 is 24.6 Å². The Hall–Kier alpha value is -1.11.